The molecule has 0 atom stereocenters. The van der Waals surface area contributed by atoms with Crippen LogP contribution >= 0.6 is 0 Å². The van der Waals surface area contributed by atoms with E-state index in [1.165, 1.54) is 0 Å². The monoisotopic (exact) mass is 262 g/mol. The van der Waals surface area contributed by atoms with Crippen LogP contribution in [0.1, 0.15) is 0 Å². The van der Waals surface area contributed by atoms with E-state index in [4.69, 9.17) is 0 Å². The van der Waals surface area contributed by atoms with Crippen molar-refractivity contribution >= 4 is 26.4 Å². The first-order chi connectivity index (χ1) is 8.66. The maximum absolute atomic E-state index is 11.5. The van der Waals surface area contributed by atoms with Gasteiger partial charge >= 0.3 is 0 Å². The molecule has 0 radical (unpaired) electrons. The third-order valence-electron chi connectivity index (χ3n) is 3.31. The van der Waals surface area contributed by atoms with Crippen LogP contribution in [0.15, 0.2) is 36.5 Å². The van der Waals surface area contributed by atoms with E-state index in [2.05, 4.69) is 9.88 Å². The molecule has 94 valence electrons. The van der Waals surface area contributed by atoms with Gasteiger partial charge < -0.3 is 4.90 Å². The molecule has 2 aromatic rings. The van der Waals surface area contributed by atoms with Crippen LogP contribution in [0.3, 0.4) is 0 Å². The number of hydrogen-bond acceptors (Lipinski definition) is 4. The Hall–Kier alpha value is -1.62. The van der Waals surface area contributed by atoms with Gasteiger partial charge in [-0.25, -0.2) is 8.42 Å². The summed E-state index contributed by atoms with van der Waals surface area (Å²) >= 11 is 0. The fourth-order valence-corrected chi connectivity index (χ4v) is 3.51. The van der Waals surface area contributed by atoms with Gasteiger partial charge in [-0.15, -0.1) is 0 Å². The SMILES string of the molecule is O=S1(=O)CCN(c2ccnc3ccccc23)CC1. The average Bonchev–Trinajstić information content (AvgIpc) is 2.38. The second-order valence-corrected chi connectivity index (χ2v) is 6.79. The van der Waals surface area contributed by atoms with Gasteiger partial charge in [0.15, 0.2) is 9.84 Å². The zero-order valence-corrected chi connectivity index (χ0v) is 10.7. The molecule has 1 aliphatic heterocycles. The first-order valence-electron chi connectivity index (χ1n) is 5.95. The molecule has 3 rings (SSSR count). The van der Waals surface area contributed by atoms with E-state index in [0.29, 0.717) is 13.1 Å². The molecule has 18 heavy (non-hydrogen) atoms. The number of aromatic nitrogens is 1. The van der Waals surface area contributed by atoms with Gasteiger partial charge in [0.1, 0.15) is 0 Å². The molecule has 2 heterocycles. The van der Waals surface area contributed by atoms with Gasteiger partial charge in [-0.3, -0.25) is 4.98 Å². The van der Waals surface area contributed by atoms with Gasteiger partial charge in [0, 0.05) is 30.4 Å². The van der Waals surface area contributed by atoms with Crippen LogP contribution < -0.4 is 4.90 Å². The minimum atomic E-state index is -2.83. The molecular weight excluding hydrogens is 248 g/mol. The predicted octanol–water partition coefficient (Wildman–Crippen LogP) is 1.47. The Bertz CT molecular complexity index is 663. The molecule has 0 amide bonds. The molecule has 1 aliphatic rings. The molecule has 0 unspecified atom stereocenters. The highest BCUT2D eigenvalue weighted by molar-refractivity contribution is 7.91. The normalized spacial score (nSPS) is 19.0. The smallest absolute Gasteiger partial charge is 0.153 e. The van der Waals surface area contributed by atoms with Crippen LogP contribution in [0.4, 0.5) is 5.69 Å². The van der Waals surface area contributed by atoms with Gasteiger partial charge in [-0.05, 0) is 12.1 Å². The highest BCUT2D eigenvalue weighted by atomic mass is 32.2. The van der Waals surface area contributed by atoms with Crippen molar-refractivity contribution in [2.24, 2.45) is 0 Å². The number of pyridine rings is 1. The molecular formula is C13H14N2O2S. The van der Waals surface area contributed by atoms with E-state index in [9.17, 15) is 8.42 Å². The van der Waals surface area contributed by atoms with Crippen molar-refractivity contribution in [3.63, 3.8) is 0 Å². The fourth-order valence-electron chi connectivity index (χ4n) is 2.31. The maximum Gasteiger partial charge on any atom is 0.153 e. The van der Waals surface area contributed by atoms with Gasteiger partial charge in [-0.2, -0.15) is 0 Å². The van der Waals surface area contributed by atoms with E-state index in [-0.39, 0.29) is 11.5 Å². The molecule has 1 saturated heterocycles. The van der Waals surface area contributed by atoms with Crippen molar-refractivity contribution in [1.82, 2.24) is 4.98 Å². The van der Waals surface area contributed by atoms with Crippen molar-refractivity contribution in [2.75, 3.05) is 29.5 Å². The van der Waals surface area contributed by atoms with Crippen LogP contribution in [0.5, 0.6) is 0 Å². The molecule has 0 N–H and O–H groups in total. The van der Waals surface area contributed by atoms with Crippen molar-refractivity contribution in [3.8, 4) is 0 Å². The summed E-state index contributed by atoms with van der Waals surface area (Å²) in [6.07, 6.45) is 1.78. The lowest BCUT2D eigenvalue weighted by Crippen LogP contribution is -2.40. The number of fused-ring (bicyclic) bond motifs is 1. The lowest BCUT2D eigenvalue weighted by atomic mass is 10.1. The van der Waals surface area contributed by atoms with E-state index >= 15 is 0 Å². The summed E-state index contributed by atoms with van der Waals surface area (Å²) in [4.78, 5) is 6.45. The second-order valence-electron chi connectivity index (χ2n) is 4.49. The average molecular weight is 262 g/mol. The van der Waals surface area contributed by atoms with Gasteiger partial charge in [-0.1, -0.05) is 18.2 Å². The van der Waals surface area contributed by atoms with Crippen molar-refractivity contribution in [2.45, 2.75) is 0 Å². The van der Waals surface area contributed by atoms with E-state index in [1.807, 2.05) is 30.3 Å². The fraction of sp³-hybridized carbons (Fsp3) is 0.308. The van der Waals surface area contributed by atoms with Crippen LogP contribution in [-0.4, -0.2) is 38.0 Å². The van der Waals surface area contributed by atoms with Crippen LogP contribution in [0, 0.1) is 0 Å². The zero-order chi connectivity index (χ0) is 12.6. The summed E-state index contributed by atoms with van der Waals surface area (Å²) in [5.74, 6) is 0.479. The number of anilines is 1. The minimum Gasteiger partial charge on any atom is -0.369 e. The number of rotatable bonds is 1. The Kier molecular flexibility index (Phi) is 2.70. The summed E-state index contributed by atoms with van der Waals surface area (Å²) in [6, 6.07) is 9.90. The summed E-state index contributed by atoms with van der Waals surface area (Å²) in [7, 11) is -2.83. The Balaban J connectivity index is 2.00. The number of benzene rings is 1. The lowest BCUT2D eigenvalue weighted by Gasteiger charge is -2.29. The summed E-state index contributed by atoms with van der Waals surface area (Å²) < 4.78 is 22.9. The van der Waals surface area contributed by atoms with Crippen molar-refractivity contribution < 1.29 is 8.42 Å². The van der Waals surface area contributed by atoms with Gasteiger partial charge in [0.2, 0.25) is 0 Å². The number of para-hydroxylation sites is 1. The topological polar surface area (TPSA) is 50.3 Å². The van der Waals surface area contributed by atoms with E-state index in [1.54, 1.807) is 6.20 Å². The largest absolute Gasteiger partial charge is 0.369 e. The molecule has 0 spiro atoms. The summed E-state index contributed by atoms with van der Waals surface area (Å²) in [5.41, 5.74) is 2.03. The van der Waals surface area contributed by atoms with Crippen molar-refractivity contribution in [1.29, 1.82) is 0 Å². The van der Waals surface area contributed by atoms with Gasteiger partial charge in [0.25, 0.3) is 0 Å². The van der Waals surface area contributed by atoms with Gasteiger partial charge in [0.05, 0.1) is 17.0 Å². The molecule has 1 aromatic heterocycles. The minimum absolute atomic E-state index is 0.240. The molecule has 0 saturated carbocycles. The standard InChI is InChI=1S/C13H14N2O2S/c16-18(17)9-7-15(8-10-18)13-5-6-14-12-4-2-1-3-11(12)13/h1-6H,7-10H2. The molecule has 0 aliphatic carbocycles. The highest BCUT2D eigenvalue weighted by Crippen LogP contribution is 2.26. The van der Waals surface area contributed by atoms with E-state index < -0.39 is 9.84 Å². The predicted molar refractivity (Wildman–Crippen MR) is 72.6 cm³/mol. The Morgan fingerprint density at radius 1 is 1.06 bits per heavy atom. The van der Waals surface area contributed by atoms with Crippen molar-refractivity contribution in [3.05, 3.63) is 36.5 Å². The van der Waals surface area contributed by atoms with Crippen LogP contribution in [0.2, 0.25) is 0 Å². The maximum atomic E-state index is 11.5. The molecule has 4 nitrogen and oxygen atoms in total. The zero-order valence-electron chi connectivity index (χ0n) is 9.91. The molecule has 5 heteroatoms. The quantitative estimate of drug-likeness (QED) is 0.781. The number of hydrogen-bond donors (Lipinski definition) is 0. The lowest BCUT2D eigenvalue weighted by molar-refractivity contribution is 0.587. The molecule has 0 bridgehead atoms. The van der Waals surface area contributed by atoms with Crippen LogP contribution in [-0.2, 0) is 9.84 Å². The Labute approximate surface area is 106 Å². The molecule has 1 aromatic carbocycles. The third-order valence-corrected chi connectivity index (χ3v) is 4.92. The summed E-state index contributed by atoms with van der Waals surface area (Å²) in [5, 5.41) is 1.08. The second kappa shape index (κ2) is 4.24. The number of sulfone groups is 1. The third kappa shape index (κ3) is 2.06. The Morgan fingerprint density at radius 2 is 1.78 bits per heavy atom. The Morgan fingerprint density at radius 3 is 2.56 bits per heavy atom. The highest BCUT2D eigenvalue weighted by Gasteiger charge is 2.22. The number of nitrogens with zero attached hydrogens (tertiary/aromatic N) is 2. The van der Waals surface area contributed by atoms with Crippen LogP contribution in [0.25, 0.3) is 10.9 Å². The summed E-state index contributed by atoms with van der Waals surface area (Å²) in [6.45, 7) is 1.13. The first kappa shape index (κ1) is 11.5. The van der Waals surface area contributed by atoms with E-state index in [0.717, 1.165) is 16.6 Å². The first-order valence-corrected chi connectivity index (χ1v) is 7.77. The molecule has 1 fully saturated rings.